The summed E-state index contributed by atoms with van der Waals surface area (Å²) in [5.41, 5.74) is 0.568. The molecule has 2 rings (SSSR count). The van der Waals surface area contributed by atoms with E-state index in [1.54, 1.807) is 12.3 Å². The van der Waals surface area contributed by atoms with Gasteiger partial charge in [-0.25, -0.2) is 14.8 Å². The van der Waals surface area contributed by atoms with Crippen molar-refractivity contribution in [2.45, 2.75) is 13.1 Å². The Labute approximate surface area is 97.3 Å². The Morgan fingerprint density at radius 1 is 1.47 bits per heavy atom. The third-order valence-electron chi connectivity index (χ3n) is 2.20. The Morgan fingerprint density at radius 3 is 3.06 bits per heavy atom. The molecule has 0 saturated carbocycles. The van der Waals surface area contributed by atoms with Gasteiger partial charge in [0.25, 0.3) is 0 Å². The van der Waals surface area contributed by atoms with Crippen LogP contribution in [0.5, 0.6) is 0 Å². The summed E-state index contributed by atoms with van der Waals surface area (Å²) in [7, 11) is 0. The number of carboxylic acids is 1. The van der Waals surface area contributed by atoms with Crippen LogP contribution in [-0.4, -0.2) is 21.0 Å². The molecule has 0 bridgehead atoms. The van der Waals surface area contributed by atoms with Crippen molar-refractivity contribution in [3.63, 3.8) is 0 Å². The minimum Gasteiger partial charge on any atom is -0.478 e. The molecule has 0 fully saturated rings. The molecular formula is C11H11N3O3. The molecule has 0 saturated heterocycles. The Kier molecular flexibility index (Phi) is 3.46. The normalized spacial score (nSPS) is 10.4. The third-order valence-corrected chi connectivity index (χ3v) is 2.20. The molecule has 6 nitrogen and oxygen atoms in total. The van der Waals surface area contributed by atoms with E-state index in [1.807, 2.05) is 6.07 Å². The van der Waals surface area contributed by atoms with E-state index in [0.717, 1.165) is 5.76 Å². The summed E-state index contributed by atoms with van der Waals surface area (Å²) in [5, 5.41) is 12.0. The van der Waals surface area contributed by atoms with Gasteiger partial charge in [0, 0.05) is 12.7 Å². The largest absolute Gasteiger partial charge is 0.478 e. The number of hydrogen-bond acceptors (Lipinski definition) is 5. The van der Waals surface area contributed by atoms with Crippen LogP contribution in [0, 0.1) is 0 Å². The molecule has 0 aliphatic rings. The van der Waals surface area contributed by atoms with Crippen LogP contribution in [0.15, 0.2) is 35.3 Å². The number of rotatable bonds is 5. The van der Waals surface area contributed by atoms with Crippen LogP contribution in [0.3, 0.4) is 0 Å². The van der Waals surface area contributed by atoms with Crippen LogP contribution in [-0.2, 0) is 13.1 Å². The number of nitrogens with zero attached hydrogens (tertiary/aromatic N) is 2. The predicted octanol–water partition coefficient (Wildman–Crippen LogP) is 1.06. The Balaban J connectivity index is 1.97. The average molecular weight is 233 g/mol. The van der Waals surface area contributed by atoms with Crippen LogP contribution in [0.2, 0.25) is 0 Å². The van der Waals surface area contributed by atoms with Gasteiger partial charge < -0.3 is 14.8 Å². The first-order valence-corrected chi connectivity index (χ1v) is 5.02. The lowest BCUT2D eigenvalue weighted by Crippen LogP contribution is -2.16. The highest BCUT2D eigenvalue weighted by Crippen LogP contribution is 2.04. The average Bonchev–Trinajstić information content (AvgIpc) is 2.82. The van der Waals surface area contributed by atoms with Crippen LogP contribution in [0.25, 0.3) is 0 Å². The van der Waals surface area contributed by atoms with E-state index >= 15 is 0 Å². The van der Waals surface area contributed by atoms with Crippen molar-refractivity contribution in [2.24, 2.45) is 0 Å². The van der Waals surface area contributed by atoms with Gasteiger partial charge in [-0.05, 0) is 12.1 Å². The van der Waals surface area contributed by atoms with Crippen LogP contribution >= 0.6 is 0 Å². The molecule has 17 heavy (non-hydrogen) atoms. The minimum atomic E-state index is -1.03. The number of hydrogen-bond donors (Lipinski definition) is 2. The predicted molar refractivity (Wildman–Crippen MR) is 58.2 cm³/mol. The molecule has 2 heterocycles. The van der Waals surface area contributed by atoms with Gasteiger partial charge >= 0.3 is 5.97 Å². The van der Waals surface area contributed by atoms with Crippen molar-refractivity contribution in [3.8, 4) is 0 Å². The fourth-order valence-electron chi connectivity index (χ4n) is 1.39. The number of aromatic nitrogens is 2. The lowest BCUT2D eigenvalue weighted by Gasteiger charge is -2.04. The molecule has 88 valence electrons. The van der Waals surface area contributed by atoms with E-state index in [9.17, 15) is 4.79 Å². The Bertz CT molecular complexity index is 496. The highest BCUT2D eigenvalue weighted by molar-refractivity contribution is 5.88. The highest BCUT2D eigenvalue weighted by Gasteiger charge is 2.10. The van der Waals surface area contributed by atoms with Crippen molar-refractivity contribution < 1.29 is 14.3 Å². The van der Waals surface area contributed by atoms with Crippen molar-refractivity contribution in [2.75, 3.05) is 0 Å². The van der Waals surface area contributed by atoms with E-state index in [2.05, 4.69) is 15.3 Å². The van der Waals surface area contributed by atoms with Gasteiger partial charge in [0.05, 0.1) is 18.5 Å². The van der Waals surface area contributed by atoms with E-state index in [-0.39, 0.29) is 5.56 Å². The zero-order valence-corrected chi connectivity index (χ0v) is 8.96. The molecule has 6 heteroatoms. The van der Waals surface area contributed by atoms with Crippen molar-refractivity contribution in [1.82, 2.24) is 15.3 Å². The molecule has 0 spiro atoms. The van der Waals surface area contributed by atoms with Gasteiger partial charge in [0.1, 0.15) is 17.7 Å². The van der Waals surface area contributed by atoms with Gasteiger partial charge in [-0.3, -0.25) is 0 Å². The fourth-order valence-corrected chi connectivity index (χ4v) is 1.39. The van der Waals surface area contributed by atoms with Crippen LogP contribution in [0.1, 0.15) is 21.8 Å². The summed E-state index contributed by atoms with van der Waals surface area (Å²) in [6.07, 6.45) is 4.21. The molecule has 0 aliphatic carbocycles. The molecule has 2 aromatic rings. The number of aromatic carboxylic acids is 1. The highest BCUT2D eigenvalue weighted by atomic mass is 16.4. The van der Waals surface area contributed by atoms with Crippen LogP contribution < -0.4 is 5.32 Å². The van der Waals surface area contributed by atoms with Gasteiger partial charge in [0.15, 0.2) is 0 Å². The number of carboxylic acid groups (broad SMARTS) is 1. The van der Waals surface area contributed by atoms with Crippen molar-refractivity contribution in [1.29, 1.82) is 0 Å². The summed E-state index contributed by atoms with van der Waals surface area (Å²) in [5.74, 6) is -0.240. The van der Waals surface area contributed by atoms with Gasteiger partial charge in [-0.2, -0.15) is 0 Å². The monoisotopic (exact) mass is 233 g/mol. The molecule has 0 aliphatic heterocycles. The topological polar surface area (TPSA) is 88.2 Å². The second-order valence-corrected chi connectivity index (χ2v) is 3.37. The van der Waals surface area contributed by atoms with E-state index in [1.165, 1.54) is 12.5 Å². The van der Waals surface area contributed by atoms with E-state index in [4.69, 9.17) is 9.52 Å². The molecule has 0 atom stereocenters. The first-order chi connectivity index (χ1) is 8.27. The van der Waals surface area contributed by atoms with Crippen molar-refractivity contribution in [3.05, 3.63) is 47.9 Å². The summed E-state index contributed by atoms with van der Waals surface area (Å²) >= 11 is 0. The zero-order chi connectivity index (χ0) is 12.1. The maximum atomic E-state index is 10.9. The van der Waals surface area contributed by atoms with Gasteiger partial charge in [-0.15, -0.1) is 0 Å². The van der Waals surface area contributed by atoms with E-state index in [0.29, 0.717) is 18.8 Å². The molecule has 0 unspecified atom stereocenters. The maximum absolute atomic E-state index is 10.9. The third kappa shape index (κ3) is 2.88. The number of carbonyl (C=O) groups is 1. The Hall–Kier alpha value is -2.21. The van der Waals surface area contributed by atoms with Crippen molar-refractivity contribution >= 4 is 5.97 Å². The van der Waals surface area contributed by atoms with Gasteiger partial charge in [0.2, 0.25) is 0 Å². The quantitative estimate of drug-likeness (QED) is 0.802. The molecule has 0 aromatic carbocycles. The Morgan fingerprint density at radius 2 is 2.35 bits per heavy atom. The lowest BCUT2D eigenvalue weighted by molar-refractivity contribution is 0.0694. The summed E-state index contributed by atoms with van der Waals surface area (Å²) in [6.45, 7) is 0.876. The van der Waals surface area contributed by atoms with E-state index < -0.39 is 5.97 Å². The lowest BCUT2D eigenvalue weighted by atomic mass is 10.2. The minimum absolute atomic E-state index is 0.111. The fraction of sp³-hybridized carbons (Fsp3) is 0.182. The second-order valence-electron chi connectivity index (χ2n) is 3.37. The summed E-state index contributed by atoms with van der Waals surface area (Å²) in [4.78, 5) is 18.5. The van der Waals surface area contributed by atoms with Gasteiger partial charge in [-0.1, -0.05) is 0 Å². The first-order valence-electron chi connectivity index (χ1n) is 5.02. The smallest absolute Gasteiger partial charge is 0.339 e. The SMILES string of the molecule is O=C(O)c1cncnc1CNCc1ccco1. The van der Waals surface area contributed by atoms with Crippen LogP contribution in [0.4, 0.5) is 0 Å². The summed E-state index contributed by atoms with van der Waals surface area (Å²) in [6, 6.07) is 3.63. The molecule has 2 aromatic heterocycles. The second kappa shape index (κ2) is 5.22. The number of furan rings is 1. The molecule has 0 amide bonds. The summed E-state index contributed by atoms with van der Waals surface area (Å²) < 4.78 is 5.14. The number of nitrogens with one attached hydrogen (secondary N) is 1. The molecule has 2 N–H and O–H groups in total. The maximum Gasteiger partial charge on any atom is 0.339 e. The molecular weight excluding hydrogens is 222 g/mol. The molecule has 0 radical (unpaired) electrons. The zero-order valence-electron chi connectivity index (χ0n) is 8.96. The first kappa shape index (κ1) is 11.3. The standard InChI is InChI=1S/C11H11N3O3/c15-11(16)9-5-13-7-14-10(9)6-12-4-8-2-1-3-17-8/h1-3,5,7,12H,4,6H2,(H,15,16).